The van der Waals surface area contributed by atoms with Crippen LogP contribution in [0.15, 0.2) is 12.3 Å². The maximum Gasteiger partial charge on any atom is 0.245 e. The molecule has 1 fully saturated rings. The van der Waals surface area contributed by atoms with E-state index in [0.717, 1.165) is 31.6 Å². The van der Waals surface area contributed by atoms with E-state index in [4.69, 9.17) is 10.5 Å². The second kappa shape index (κ2) is 24.4. The zero-order valence-corrected chi connectivity index (χ0v) is 38.1. The van der Waals surface area contributed by atoms with E-state index in [2.05, 4.69) is 62.0 Å². The van der Waals surface area contributed by atoms with Gasteiger partial charge in [-0.1, -0.05) is 89.2 Å². The fourth-order valence-corrected chi connectivity index (χ4v) is 8.79. The van der Waals surface area contributed by atoms with Crippen LogP contribution in [0.4, 0.5) is 0 Å². The highest BCUT2D eigenvalue weighted by atomic mass is 32.2. The number of nitrogens with zero attached hydrogens (tertiary/aromatic N) is 3. The average Bonchev–Trinajstić information content (AvgIpc) is 3.58. The van der Waals surface area contributed by atoms with Crippen LogP contribution in [0.2, 0.25) is 0 Å². The van der Waals surface area contributed by atoms with Crippen LogP contribution < -0.4 is 21.7 Å². The van der Waals surface area contributed by atoms with Gasteiger partial charge in [0.05, 0.1) is 36.1 Å². The van der Waals surface area contributed by atoms with E-state index in [1.54, 1.807) is 23.8 Å². The summed E-state index contributed by atoms with van der Waals surface area (Å²) < 4.78 is 5.84. The number of hydrogen-bond acceptors (Lipinski definition) is 9. The summed E-state index contributed by atoms with van der Waals surface area (Å²) in [5.41, 5.74) is 6.68. The maximum absolute atomic E-state index is 14.4. The van der Waals surface area contributed by atoms with Crippen LogP contribution in [0, 0.1) is 35.5 Å². The molecule has 0 aliphatic carbocycles. The molecule has 1 saturated heterocycles. The van der Waals surface area contributed by atoms with Gasteiger partial charge in [-0.15, -0.1) is 11.8 Å². The van der Waals surface area contributed by atoms with Crippen LogP contribution in [0.3, 0.4) is 0 Å². The summed E-state index contributed by atoms with van der Waals surface area (Å²) in [6, 6.07) is -2.08. The summed E-state index contributed by atoms with van der Waals surface area (Å²) in [7, 11) is 5.51. The van der Waals surface area contributed by atoms with Gasteiger partial charge in [0.15, 0.2) is 0 Å². The van der Waals surface area contributed by atoms with E-state index in [9.17, 15) is 19.2 Å². The average molecular weight is 796 g/mol. The number of amides is 4. The molecule has 1 rings (SSSR count). The van der Waals surface area contributed by atoms with Crippen LogP contribution in [0.1, 0.15) is 109 Å². The molecular formula is C42H81N7O5S. The third-order valence-electron chi connectivity index (χ3n) is 11.5. The number of ether oxygens (including phenoxy) is 1. The van der Waals surface area contributed by atoms with E-state index in [0.29, 0.717) is 30.5 Å². The van der Waals surface area contributed by atoms with Crippen molar-refractivity contribution in [2.45, 2.75) is 151 Å². The minimum absolute atomic E-state index is 0.00715. The number of rotatable bonds is 25. The fourth-order valence-electron chi connectivity index (χ4n) is 7.94. The predicted molar refractivity (Wildman–Crippen MR) is 228 cm³/mol. The van der Waals surface area contributed by atoms with Crippen molar-refractivity contribution in [1.29, 1.82) is 0 Å². The van der Waals surface area contributed by atoms with E-state index < -0.39 is 18.1 Å². The van der Waals surface area contributed by atoms with Gasteiger partial charge in [0.1, 0.15) is 6.04 Å². The topological polar surface area (TPSA) is 149 Å². The minimum Gasteiger partial charge on any atom is -0.379 e. The molecule has 0 aromatic rings. The first kappa shape index (κ1) is 50.7. The molecule has 0 spiro atoms. The monoisotopic (exact) mass is 796 g/mol. The van der Waals surface area contributed by atoms with E-state index in [1.165, 1.54) is 0 Å². The summed E-state index contributed by atoms with van der Waals surface area (Å²) in [5.74, 6) is 1.28. The number of nitrogens with one attached hydrogen (secondary N) is 3. The van der Waals surface area contributed by atoms with Crippen LogP contribution in [-0.4, -0.2) is 127 Å². The molecule has 1 aliphatic rings. The third kappa shape index (κ3) is 15.2. The Bertz CT molecular complexity index is 1220. The van der Waals surface area contributed by atoms with Crippen LogP contribution in [0.25, 0.3) is 0 Å². The second-order valence-electron chi connectivity index (χ2n) is 17.4. The highest BCUT2D eigenvalue weighted by Crippen LogP contribution is 2.30. The molecule has 13 heteroatoms. The standard InChI is InChI=1S/C42H81N7O5S/c1-17-29(10)38(30(11)23-34(50)49-20-18-19-33(49)39(54-16)28(8)9)48(15)42(53)36(26(4)5)46-41(52)37(27(6)7)47(14)21-22-55-24-44-31(12)32(13)45-40(51)35(43)25(2)3/h25-30,32-33,35-39,44H,12,17-24,43H2,1-11,13-16H3,(H,45,51)(H,46,52)/t29?,30?,32?,33?,35-,36-,37?,38?,39?/m0/s1. The Labute approximate surface area is 339 Å². The van der Waals surface area contributed by atoms with Gasteiger partial charge in [-0.05, 0) is 62.3 Å². The normalized spacial score (nSPS) is 19.2. The van der Waals surface area contributed by atoms with Crippen LogP contribution in [-0.2, 0) is 23.9 Å². The summed E-state index contributed by atoms with van der Waals surface area (Å²) in [6.07, 6.45) is 3.10. The van der Waals surface area contributed by atoms with Gasteiger partial charge in [0.25, 0.3) is 0 Å². The van der Waals surface area contributed by atoms with E-state index in [1.807, 2.05) is 67.5 Å². The SMILES string of the molecule is C=C(NCSCCN(C)C(C(=O)N[C@H](C(=O)N(C)C(C(C)CC)C(C)CC(=O)N1CCCC1C(OC)C(C)C)C(C)C)C(C)C)C(C)NC(=O)[C@@H](N)C(C)C. The molecule has 7 unspecified atom stereocenters. The van der Waals surface area contributed by atoms with E-state index in [-0.39, 0.29) is 77.4 Å². The van der Waals surface area contributed by atoms with E-state index >= 15 is 0 Å². The molecule has 320 valence electrons. The van der Waals surface area contributed by atoms with Crippen molar-refractivity contribution in [3.63, 3.8) is 0 Å². The highest BCUT2D eigenvalue weighted by molar-refractivity contribution is 7.99. The lowest BCUT2D eigenvalue weighted by molar-refractivity contribution is -0.143. The lowest BCUT2D eigenvalue weighted by Gasteiger charge is -2.41. The molecule has 1 aliphatic heterocycles. The van der Waals surface area contributed by atoms with Crippen molar-refractivity contribution in [1.82, 2.24) is 30.7 Å². The van der Waals surface area contributed by atoms with Crippen molar-refractivity contribution in [2.24, 2.45) is 41.2 Å². The van der Waals surface area contributed by atoms with Gasteiger partial charge in [0.2, 0.25) is 23.6 Å². The number of carbonyl (C=O) groups excluding carboxylic acids is 4. The molecule has 0 saturated carbocycles. The van der Waals surface area contributed by atoms with Gasteiger partial charge in [-0.25, -0.2) is 0 Å². The molecule has 4 amide bonds. The van der Waals surface area contributed by atoms with Crippen LogP contribution >= 0.6 is 11.8 Å². The molecule has 12 nitrogen and oxygen atoms in total. The van der Waals surface area contributed by atoms with Crippen molar-refractivity contribution >= 4 is 35.4 Å². The van der Waals surface area contributed by atoms with Gasteiger partial charge in [-0.2, -0.15) is 0 Å². The lowest BCUT2D eigenvalue weighted by Crippen LogP contribution is -2.59. The molecule has 55 heavy (non-hydrogen) atoms. The smallest absolute Gasteiger partial charge is 0.245 e. The molecule has 9 atom stereocenters. The first-order valence-corrected chi connectivity index (χ1v) is 21.9. The molecule has 0 aromatic heterocycles. The Morgan fingerprint density at radius 3 is 2.02 bits per heavy atom. The number of likely N-dealkylation sites (tertiary alicyclic amines) is 1. The number of hydrogen-bond donors (Lipinski definition) is 4. The Morgan fingerprint density at radius 1 is 0.891 bits per heavy atom. The molecule has 5 N–H and O–H groups in total. The first-order chi connectivity index (χ1) is 25.6. The first-order valence-electron chi connectivity index (χ1n) is 20.8. The van der Waals surface area contributed by atoms with Gasteiger partial charge in [-0.3, -0.25) is 24.1 Å². The van der Waals surface area contributed by atoms with Crippen molar-refractivity contribution in [2.75, 3.05) is 45.9 Å². The van der Waals surface area contributed by atoms with Crippen molar-refractivity contribution in [3.05, 3.63) is 12.3 Å². The number of nitrogens with two attached hydrogens (primary N) is 1. The largest absolute Gasteiger partial charge is 0.379 e. The molecule has 1 heterocycles. The van der Waals surface area contributed by atoms with Crippen molar-refractivity contribution in [3.8, 4) is 0 Å². The second-order valence-corrected chi connectivity index (χ2v) is 18.5. The molecule has 0 aromatic carbocycles. The summed E-state index contributed by atoms with van der Waals surface area (Å²) >= 11 is 1.68. The van der Waals surface area contributed by atoms with Crippen molar-refractivity contribution < 1.29 is 23.9 Å². The Kier molecular flexibility index (Phi) is 22.5. The third-order valence-corrected chi connectivity index (χ3v) is 12.3. The Morgan fingerprint density at radius 2 is 1.51 bits per heavy atom. The highest BCUT2D eigenvalue weighted by Gasteiger charge is 2.40. The predicted octanol–water partition coefficient (Wildman–Crippen LogP) is 4.93. The Hall–Kier alpha value is -2.35. The maximum atomic E-state index is 14.4. The molecular weight excluding hydrogens is 715 g/mol. The fraction of sp³-hybridized carbons (Fsp3) is 0.857. The minimum atomic E-state index is -0.708. The molecule has 0 radical (unpaired) electrons. The zero-order chi connectivity index (χ0) is 42.3. The van der Waals surface area contributed by atoms with Gasteiger partial charge in [0, 0.05) is 51.2 Å². The molecule has 0 bridgehead atoms. The summed E-state index contributed by atoms with van der Waals surface area (Å²) in [6.45, 7) is 29.8. The lowest BCUT2D eigenvalue weighted by atomic mass is 9.84. The number of thioether (sulfide) groups is 1. The van der Waals surface area contributed by atoms with Gasteiger partial charge < -0.3 is 36.2 Å². The number of likely N-dealkylation sites (N-methyl/N-ethyl adjacent to an activating group) is 2. The zero-order valence-electron chi connectivity index (χ0n) is 37.2. The number of carbonyl (C=O) groups is 4. The summed E-state index contributed by atoms with van der Waals surface area (Å²) in [4.78, 5) is 60.4. The van der Waals surface area contributed by atoms with Crippen LogP contribution in [0.5, 0.6) is 0 Å². The van der Waals surface area contributed by atoms with Gasteiger partial charge >= 0.3 is 0 Å². The Balaban J connectivity index is 2.94. The summed E-state index contributed by atoms with van der Waals surface area (Å²) in [5, 5.41) is 9.35. The quantitative estimate of drug-likeness (QED) is 0.0746. The number of methoxy groups -OCH3 is 1.